The molecule has 3 heteroatoms. The predicted octanol–water partition coefficient (Wildman–Crippen LogP) is 2.61. The zero-order valence-corrected chi connectivity index (χ0v) is 7.81. The largest absolute Gasteiger partial charge is 0.465 e. The maximum Gasteiger partial charge on any atom is 0.404 e. The number of nitrogens with one attached hydrogen (secondary N) is 1. The van der Waals surface area contributed by atoms with Crippen molar-refractivity contribution >= 4 is 6.09 Å². The number of carbonyl (C=O) groups is 1. The molecule has 0 aliphatic heterocycles. The summed E-state index contributed by atoms with van der Waals surface area (Å²) in [6.07, 6.45) is 8.04. The molecule has 1 aliphatic rings. The monoisotopic (exact) mass is 173 g/mol. The van der Waals surface area contributed by atoms with Gasteiger partial charge in [0.2, 0.25) is 0 Å². The van der Waals surface area contributed by atoms with E-state index in [4.69, 9.17) is 5.11 Å². The Kier molecular flexibility index (Phi) is 7.86. The summed E-state index contributed by atoms with van der Waals surface area (Å²) in [5, 5.41) is 9.93. The number of rotatable bonds is 1. The molecule has 1 saturated carbocycles. The van der Waals surface area contributed by atoms with Crippen LogP contribution in [0, 0.1) is 0 Å². The van der Waals surface area contributed by atoms with E-state index in [2.05, 4.69) is 5.32 Å². The summed E-state index contributed by atoms with van der Waals surface area (Å²) in [5.41, 5.74) is 0. The maximum absolute atomic E-state index is 9.49. The average Bonchev–Trinajstić information content (AvgIpc) is 2.08. The predicted molar refractivity (Wildman–Crippen MR) is 49.4 cm³/mol. The molecule has 1 fully saturated rings. The molecule has 3 nitrogen and oxygen atoms in total. The Balaban J connectivity index is 0.000000202. The van der Waals surface area contributed by atoms with Crippen LogP contribution in [0.1, 0.15) is 45.4 Å². The smallest absolute Gasteiger partial charge is 0.404 e. The van der Waals surface area contributed by atoms with E-state index in [9.17, 15) is 4.79 Å². The van der Waals surface area contributed by atoms with Crippen LogP contribution in [-0.2, 0) is 0 Å². The van der Waals surface area contributed by atoms with Crippen LogP contribution in [0.3, 0.4) is 0 Å². The highest BCUT2D eigenvalue weighted by molar-refractivity contribution is 5.64. The lowest BCUT2D eigenvalue weighted by molar-refractivity contribution is 0.195. The molecule has 1 amide bonds. The van der Waals surface area contributed by atoms with E-state index in [0.29, 0.717) is 6.54 Å². The van der Waals surface area contributed by atoms with Gasteiger partial charge in [-0.1, -0.05) is 38.5 Å². The molecule has 0 aromatic rings. The Morgan fingerprint density at radius 2 is 1.50 bits per heavy atom. The normalized spacial score (nSPS) is 15.8. The van der Waals surface area contributed by atoms with Gasteiger partial charge in [0.25, 0.3) is 0 Å². The lowest BCUT2D eigenvalue weighted by Gasteiger charge is -2.05. The fraction of sp³-hybridized carbons (Fsp3) is 0.889. The van der Waals surface area contributed by atoms with Crippen molar-refractivity contribution in [1.29, 1.82) is 0 Å². The van der Waals surface area contributed by atoms with Gasteiger partial charge in [-0.3, -0.25) is 0 Å². The first-order valence-corrected chi connectivity index (χ1v) is 4.74. The van der Waals surface area contributed by atoms with E-state index in [-0.39, 0.29) is 0 Å². The molecule has 0 spiro atoms. The molecule has 0 aromatic carbocycles. The minimum atomic E-state index is -0.961. The Morgan fingerprint density at radius 3 is 1.58 bits per heavy atom. The number of hydrogen-bond donors (Lipinski definition) is 2. The minimum absolute atomic E-state index is 0.481. The van der Waals surface area contributed by atoms with E-state index in [1.54, 1.807) is 6.92 Å². The summed E-state index contributed by atoms with van der Waals surface area (Å²) in [5.74, 6) is 0. The van der Waals surface area contributed by atoms with Crippen LogP contribution >= 0.6 is 0 Å². The van der Waals surface area contributed by atoms with Crippen molar-refractivity contribution in [2.24, 2.45) is 0 Å². The number of hydrogen-bond acceptors (Lipinski definition) is 1. The quantitative estimate of drug-likeness (QED) is 0.640. The molecular formula is C9H19NO2. The Morgan fingerprint density at radius 1 is 1.17 bits per heavy atom. The van der Waals surface area contributed by atoms with Gasteiger partial charge in [-0.15, -0.1) is 0 Å². The molecule has 0 radical (unpaired) electrons. The first-order chi connectivity index (χ1) is 5.77. The first kappa shape index (κ1) is 11.3. The van der Waals surface area contributed by atoms with Crippen LogP contribution in [0.2, 0.25) is 0 Å². The van der Waals surface area contributed by atoms with E-state index in [1.807, 2.05) is 0 Å². The lowest BCUT2D eigenvalue weighted by Crippen LogP contribution is -2.19. The molecule has 0 atom stereocenters. The van der Waals surface area contributed by atoms with Crippen molar-refractivity contribution in [2.45, 2.75) is 45.4 Å². The van der Waals surface area contributed by atoms with Gasteiger partial charge in [-0.2, -0.15) is 0 Å². The third-order valence-electron chi connectivity index (χ3n) is 1.83. The van der Waals surface area contributed by atoms with Crippen LogP contribution in [0.5, 0.6) is 0 Å². The van der Waals surface area contributed by atoms with Crippen LogP contribution < -0.4 is 5.32 Å². The van der Waals surface area contributed by atoms with Gasteiger partial charge in [0.05, 0.1) is 0 Å². The SMILES string of the molecule is C1CCCCC1.CCNC(=O)O. The Hall–Kier alpha value is -0.730. The van der Waals surface area contributed by atoms with Crippen LogP contribution in [0.25, 0.3) is 0 Å². The molecule has 1 rings (SSSR count). The number of carboxylic acid groups (broad SMARTS) is 1. The van der Waals surface area contributed by atoms with E-state index >= 15 is 0 Å². The summed E-state index contributed by atoms with van der Waals surface area (Å²) in [4.78, 5) is 9.49. The van der Waals surface area contributed by atoms with Crippen molar-refractivity contribution in [2.75, 3.05) is 6.54 Å². The second kappa shape index (κ2) is 8.37. The summed E-state index contributed by atoms with van der Waals surface area (Å²) in [6.45, 7) is 2.21. The van der Waals surface area contributed by atoms with Crippen molar-refractivity contribution in [3.05, 3.63) is 0 Å². The highest BCUT2D eigenvalue weighted by Crippen LogP contribution is 2.15. The fourth-order valence-electron chi connectivity index (χ4n) is 1.21. The van der Waals surface area contributed by atoms with Crippen molar-refractivity contribution in [3.63, 3.8) is 0 Å². The molecular weight excluding hydrogens is 154 g/mol. The zero-order valence-electron chi connectivity index (χ0n) is 7.81. The molecule has 0 heterocycles. The van der Waals surface area contributed by atoms with Gasteiger partial charge in [-0.25, -0.2) is 4.79 Å². The molecule has 0 bridgehead atoms. The van der Waals surface area contributed by atoms with Crippen molar-refractivity contribution in [1.82, 2.24) is 5.32 Å². The third kappa shape index (κ3) is 9.27. The van der Waals surface area contributed by atoms with E-state index < -0.39 is 6.09 Å². The standard InChI is InChI=1S/C6H12.C3H7NO2/c1-2-4-6-5-3-1;1-2-4-3(5)6/h1-6H2;4H,2H2,1H3,(H,5,6). The van der Waals surface area contributed by atoms with Gasteiger partial charge in [0.1, 0.15) is 0 Å². The van der Waals surface area contributed by atoms with Gasteiger partial charge in [-0.05, 0) is 6.92 Å². The first-order valence-electron chi connectivity index (χ1n) is 4.74. The van der Waals surface area contributed by atoms with E-state index in [0.717, 1.165) is 0 Å². The highest BCUT2D eigenvalue weighted by atomic mass is 16.4. The second-order valence-corrected chi connectivity index (χ2v) is 2.96. The molecule has 12 heavy (non-hydrogen) atoms. The topological polar surface area (TPSA) is 49.3 Å². The molecule has 0 unspecified atom stereocenters. The third-order valence-corrected chi connectivity index (χ3v) is 1.83. The van der Waals surface area contributed by atoms with Gasteiger partial charge >= 0.3 is 6.09 Å². The van der Waals surface area contributed by atoms with Crippen molar-refractivity contribution in [3.8, 4) is 0 Å². The van der Waals surface area contributed by atoms with Gasteiger partial charge < -0.3 is 10.4 Å². The average molecular weight is 173 g/mol. The summed E-state index contributed by atoms with van der Waals surface area (Å²) < 4.78 is 0. The minimum Gasteiger partial charge on any atom is -0.465 e. The molecule has 0 saturated heterocycles. The van der Waals surface area contributed by atoms with Crippen LogP contribution in [-0.4, -0.2) is 17.7 Å². The summed E-state index contributed by atoms with van der Waals surface area (Å²) >= 11 is 0. The Bertz CT molecular complexity index is 99.6. The summed E-state index contributed by atoms with van der Waals surface area (Å²) in [6, 6.07) is 0. The van der Waals surface area contributed by atoms with E-state index in [1.165, 1.54) is 38.5 Å². The Labute approximate surface area is 74.2 Å². The van der Waals surface area contributed by atoms with Crippen molar-refractivity contribution < 1.29 is 9.90 Å². The van der Waals surface area contributed by atoms with Gasteiger partial charge in [0, 0.05) is 6.54 Å². The second-order valence-electron chi connectivity index (χ2n) is 2.96. The van der Waals surface area contributed by atoms with Crippen LogP contribution in [0.15, 0.2) is 0 Å². The lowest BCUT2D eigenvalue weighted by atomic mass is 10.0. The zero-order chi connectivity index (χ0) is 9.23. The fourth-order valence-corrected chi connectivity index (χ4v) is 1.21. The van der Waals surface area contributed by atoms with Gasteiger partial charge in [0.15, 0.2) is 0 Å². The number of amides is 1. The highest BCUT2D eigenvalue weighted by Gasteiger charge is 1.95. The molecule has 1 aliphatic carbocycles. The molecule has 72 valence electrons. The van der Waals surface area contributed by atoms with Crippen LogP contribution in [0.4, 0.5) is 4.79 Å². The molecule has 2 N–H and O–H groups in total. The summed E-state index contributed by atoms with van der Waals surface area (Å²) in [7, 11) is 0. The molecule has 0 aromatic heterocycles. The maximum atomic E-state index is 9.49.